The van der Waals surface area contributed by atoms with Crippen molar-refractivity contribution in [1.29, 1.82) is 0 Å². The van der Waals surface area contributed by atoms with E-state index < -0.39 is 0 Å². The average Bonchev–Trinajstić information content (AvgIpc) is 3.56. The van der Waals surface area contributed by atoms with Crippen molar-refractivity contribution in [1.82, 2.24) is 24.5 Å². The van der Waals surface area contributed by atoms with Crippen molar-refractivity contribution in [3.8, 4) is 11.4 Å². The minimum Gasteiger partial charge on any atom is -0.367 e. The summed E-state index contributed by atoms with van der Waals surface area (Å²) in [6.07, 6.45) is 4.50. The number of likely N-dealkylation sites (N-methyl/N-ethyl adjacent to an activating group) is 1. The van der Waals surface area contributed by atoms with Crippen molar-refractivity contribution >= 4 is 34.4 Å². The highest BCUT2D eigenvalue weighted by molar-refractivity contribution is 7.18. The fraction of sp³-hybridized carbons (Fsp3) is 0.308. The Morgan fingerprint density at radius 2 is 1.89 bits per heavy atom. The van der Waals surface area contributed by atoms with E-state index in [1.165, 1.54) is 11.3 Å². The highest BCUT2D eigenvalue weighted by Gasteiger charge is 2.21. The molecule has 0 atom stereocenters. The van der Waals surface area contributed by atoms with Crippen molar-refractivity contribution in [2.45, 2.75) is 19.8 Å². The van der Waals surface area contributed by atoms with Crippen LogP contribution < -0.4 is 10.5 Å². The van der Waals surface area contributed by atoms with Gasteiger partial charge in [-0.2, -0.15) is 0 Å². The first-order valence-electron chi connectivity index (χ1n) is 12.0. The van der Waals surface area contributed by atoms with Gasteiger partial charge in [0.25, 0.3) is 5.56 Å². The Morgan fingerprint density at radius 1 is 1.06 bits per heavy atom. The van der Waals surface area contributed by atoms with Crippen LogP contribution in [0.15, 0.2) is 65.7 Å². The number of aryl methyl sites for hydroxylation is 1. The SMILES string of the molecule is CCN1CCN(c2cc(-n3ccccc3=O)ccc2-n2cc(CCC(=O)c3ccc(Cl)s3)nn2)CC1. The van der Waals surface area contributed by atoms with Crippen molar-refractivity contribution in [3.05, 3.63) is 86.2 Å². The molecule has 5 rings (SSSR count). The van der Waals surface area contributed by atoms with Crippen LogP contribution in [0.3, 0.4) is 0 Å². The Kier molecular flexibility index (Phi) is 7.31. The summed E-state index contributed by atoms with van der Waals surface area (Å²) in [7, 11) is 0. The first kappa shape index (κ1) is 24.4. The second-order valence-electron chi connectivity index (χ2n) is 8.68. The van der Waals surface area contributed by atoms with Gasteiger partial charge in [-0.3, -0.25) is 14.2 Å². The first-order chi connectivity index (χ1) is 17.5. The predicted molar refractivity (Wildman–Crippen MR) is 143 cm³/mol. The molecule has 8 nitrogen and oxygen atoms in total. The molecule has 0 radical (unpaired) electrons. The van der Waals surface area contributed by atoms with Crippen LogP contribution in [0.1, 0.15) is 28.7 Å². The van der Waals surface area contributed by atoms with Crippen molar-refractivity contribution in [2.24, 2.45) is 0 Å². The summed E-state index contributed by atoms with van der Waals surface area (Å²) in [6, 6.07) is 14.6. The number of nitrogens with zero attached hydrogens (tertiary/aromatic N) is 6. The summed E-state index contributed by atoms with van der Waals surface area (Å²) in [6.45, 7) is 6.92. The molecule has 0 spiro atoms. The number of Topliss-reactive ketones (excluding diaryl/α,β-unsaturated/α-hetero) is 1. The van der Waals surface area contributed by atoms with Crippen LogP contribution in [0.4, 0.5) is 5.69 Å². The van der Waals surface area contributed by atoms with Gasteiger partial charge in [0.1, 0.15) is 0 Å². The Balaban J connectivity index is 1.42. The lowest BCUT2D eigenvalue weighted by molar-refractivity contribution is 0.0986. The van der Waals surface area contributed by atoms with Crippen LogP contribution in [0, 0.1) is 0 Å². The second kappa shape index (κ2) is 10.8. The van der Waals surface area contributed by atoms with Crippen LogP contribution in [-0.4, -0.2) is 63.0 Å². The number of rotatable bonds is 8. The molecule has 0 saturated carbocycles. The number of pyridine rings is 1. The van der Waals surface area contributed by atoms with Crippen LogP contribution in [0.2, 0.25) is 4.34 Å². The van der Waals surface area contributed by atoms with Crippen LogP contribution in [-0.2, 0) is 6.42 Å². The number of anilines is 1. The average molecular weight is 523 g/mol. The fourth-order valence-corrected chi connectivity index (χ4v) is 5.42. The third-order valence-corrected chi connectivity index (χ3v) is 7.74. The third kappa shape index (κ3) is 5.28. The first-order valence-corrected chi connectivity index (χ1v) is 13.2. The number of carbonyl (C=O) groups excluding carboxylic acids is 1. The number of aromatic nitrogens is 4. The lowest BCUT2D eigenvalue weighted by Crippen LogP contribution is -2.46. The largest absolute Gasteiger partial charge is 0.367 e. The van der Waals surface area contributed by atoms with Gasteiger partial charge in [0.2, 0.25) is 0 Å². The number of thiophene rings is 1. The molecule has 0 aliphatic carbocycles. The molecule has 0 unspecified atom stereocenters. The van der Waals surface area contributed by atoms with Gasteiger partial charge in [-0.05, 0) is 42.9 Å². The lowest BCUT2D eigenvalue weighted by atomic mass is 10.1. The van der Waals surface area contributed by atoms with Crippen LogP contribution >= 0.6 is 22.9 Å². The maximum Gasteiger partial charge on any atom is 0.255 e. The standard InChI is InChI=1S/C26H27ClN6O2S/c1-2-30-13-15-31(16-14-30)22-17-20(32-12-4-3-5-26(32)35)7-8-21(22)33-18-19(28-29-33)6-9-23(34)24-10-11-25(27)36-24/h3-5,7-8,10-12,17-18H,2,6,9,13-16H2,1H3. The number of piperazine rings is 1. The van der Waals surface area contributed by atoms with Gasteiger partial charge < -0.3 is 9.80 Å². The Hall–Kier alpha value is -3.27. The van der Waals surface area contributed by atoms with Crippen molar-refractivity contribution < 1.29 is 4.79 Å². The minimum atomic E-state index is -0.0771. The van der Waals surface area contributed by atoms with Gasteiger partial charge in [-0.15, -0.1) is 16.4 Å². The van der Waals surface area contributed by atoms with Gasteiger partial charge in [0, 0.05) is 51.3 Å². The number of benzene rings is 1. The maximum absolute atomic E-state index is 12.5. The third-order valence-electron chi connectivity index (χ3n) is 6.46. The van der Waals surface area contributed by atoms with Gasteiger partial charge in [0.05, 0.1) is 38.2 Å². The predicted octanol–water partition coefficient (Wildman–Crippen LogP) is 4.09. The summed E-state index contributed by atoms with van der Waals surface area (Å²) in [5.41, 5.74) is 3.36. The smallest absolute Gasteiger partial charge is 0.255 e. The zero-order chi connectivity index (χ0) is 25.1. The minimum absolute atomic E-state index is 0.0496. The summed E-state index contributed by atoms with van der Waals surface area (Å²) < 4.78 is 4.02. The summed E-state index contributed by atoms with van der Waals surface area (Å²) in [5.74, 6) is 0.0496. The summed E-state index contributed by atoms with van der Waals surface area (Å²) in [5, 5.41) is 8.70. The molecular formula is C26H27ClN6O2S. The molecule has 0 amide bonds. The Morgan fingerprint density at radius 3 is 2.61 bits per heavy atom. The Labute approximate surface area is 218 Å². The number of hydrogen-bond acceptors (Lipinski definition) is 7. The monoisotopic (exact) mass is 522 g/mol. The van der Waals surface area contributed by atoms with E-state index in [9.17, 15) is 9.59 Å². The molecule has 1 fully saturated rings. The van der Waals surface area contributed by atoms with E-state index in [1.54, 1.807) is 39.7 Å². The molecule has 4 heterocycles. The summed E-state index contributed by atoms with van der Waals surface area (Å²) >= 11 is 7.26. The van der Waals surface area contributed by atoms with Crippen molar-refractivity contribution in [3.63, 3.8) is 0 Å². The van der Waals surface area contributed by atoms with E-state index in [-0.39, 0.29) is 11.3 Å². The molecule has 4 aromatic rings. The van der Waals surface area contributed by atoms with Crippen LogP contribution in [0.25, 0.3) is 11.4 Å². The van der Waals surface area contributed by atoms with E-state index in [4.69, 9.17) is 11.6 Å². The van der Waals surface area contributed by atoms with Gasteiger partial charge in [-0.1, -0.05) is 29.8 Å². The molecule has 1 aliphatic heterocycles. The van der Waals surface area contributed by atoms with E-state index in [0.717, 1.165) is 55.5 Å². The zero-order valence-corrected chi connectivity index (χ0v) is 21.6. The zero-order valence-electron chi connectivity index (χ0n) is 20.0. The number of ketones is 1. The number of hydrogen-bond donors (Lipinski definition) is 0. The van der Waals surface area contributed by atoms with Crippen molar-refractivity contribution in [2.75, 3.05) is 37.6 Å². The number of halogens is 1. The molecule has 1 aliphatic rings. The molecule has 186 valence electrons. The quantitative estimate of drug-likeness (QED) is 0.324. The highest BCUT2D eigenvalue weighted by atomic mass is 35.5. The van der Waals surface area contributed by atoms with Gasteiger partial charge >= 0.3 is 0 Å². The van der Waals surface area contributed by atoms with E-state index in [0.29, 0.717) is 22.1 Å². The lowest BCUT2D eigenvalue weighted by Gasteiger charge is -2.36. The molecule has 1 saturated heterocycles. The van der Waals surface area contributed by atoms with Gasteiger partial charge in [0.15, 0.2) is 5.78 Å². The second-order valence-corrected chi connectivity index (χ2v) is 10.4. The highest BCUT2D eigenvalue weighted by Crippen LogP contribution is 2.28. The molecule has 0 N–H and O–H groups in total. The van der Waals surface area contributed by atoms with E-state index >= 15 is 0 Å². The molecular weight excluding hydrogens is 496 g/mol. The molecule has 0 bridgehead atoms. The normalized spacial score (nSPS) is 14.3. The van der Waals surface area contributed by atoms with E-state index in [2.05, 4.69) is 27.0 Å². The van der Waals surface area contributed by atoms with E-state index in [1.807, 2.05) is 30.5 Å². The number of carbonyl (C=O) groups is 1. The molecule has 10 heteroatoms. The topological polar surface area (TPSA) is 76.3 Å². The molecule has 3 aromatic heterocycles. The molecule has 1 aromatic carbocycles. The molecule has 36 heavy (non-hydrogen) atoms. The maximum atomic E-state index is 12.5. The van der Waals surface area contributed by atoms with Gasteiger partial charge in [-0.25, -0.2) is 4.68 Å². The fourth-order valence-electron chi connectivity index (χ4n) is 4.41. The summed E-state index contributed by atoms with van der Waals surface area (Å²) in [4.78, 5) is 30.4. The van der Waals surface area contributed by atoms with Crippen LogP contribution in [0.5, 0.6) is 0 Å². The Bertz CT molecular complexity index is 1420.